The van der Waals surface area contributed by atoms with Crippen LogP contribution in [-0.4, -0.2) is 39.6 Å². The van der Waals surface area contributed by atoms with Gasteiger partial charge in [-0.3, -0.25) is 14.6 Å². The van der Waals surface area contributed by atoms with Crippen molar-refractivity contribution in [2.24, 2.45) is 5.92 Å². The topological polar surface area (TPSA) is 63.2 Å². The number of ketones is 1. The van der Waals surface area contributed by atoms with Gasteiger partial charge in [-0.05, 0) is 37.8 Å². The second-order valence-corrected chi connectivity index (χ2v) is 6.99. The van der Waals surface area contributed by atoms with E-state index < -0.39 is 0 Å². The van der Waals surface area contributed by atoms with Crippen LogP contribution in [0.5, 0.6) is 0 Å². The fourth-order valence-corrected chi connectivity index (χ4v) is 3.87. The summed E-state index contributed by atoms with van der Waals surface area (Å²) in [6.45, 7) is 3.24. The van der Waals surface area contributed by atoms with E-state index in [1.54, 1.807) is 23.2 Å². The van der Waals surface area contributed by atoms with Crippen LogP contribution in [0.15, 0.2) is 29.8 Å². The SMILES string of the molecule is CCCc1nc(C(=O)N2CCCC(C(=O)c3ccccn3)C2)cs1. The van der Waals surface area contributed by atoms with Crippen LogP contribution in [0.25, 0.3) is 0 Å². The molecule has 1 amide bonds. The van der Waals surface area contributed by atoms with E-state index in [-0.39, 0.29) is 17.6 Å². The Labute approximate surface area is 145 Å². The molecule has 126 valence electrons. The lowest BCUT2D eigenvalue weighted by molar-refractivity contribution is 0.0631. The van der Waals surface area contributed by atoms with Gasteiger partial charge in [0.15, 0.2) is 5.78 Å². The molecule has 0 radical (unpaired) electrons. The number of amides is 1. The maximum Gasteiger partial charge on any atom is 0.273 e. The molecule has 6 heteroatoms. The van der Waals surface area contributed by atoms with E-state index in [1.165, 1.54) is 11.3 Å². The molecule has 1 atom stereocenters. The van der Waals surface area contributed by atoms with Crippen LogP contribution in [0, 0.1) is 5.92 Å². The molecule has 1 aliphatic rings. The Morgan fingerprint density at radius 1 is 1.33 bits per heavy atom. The molecule has 1 fully saturated rings. The third-order valence-corrected chi connectivity index (χ3v) is 5.14. The number of carbonyl (C=O) groups excluding carboxylic acids is 2. The predicted molar refractivity (Wildman–Crippen MR) is 93.3 cm³/mol. The van der Waals surface area contributed by atoms with E-state index in [4.69, 9.17) is 0 Å². The summed E-state index contributed by atoms with van der Waals surface area (Å²) in [6, 6.07) is 5.35. The first-order valence-corrected chi connectivity index (χ1v) is 9.26. The first-order chi connectivity index (χ1) is 11.7. The molecule has 0 saturated carbocycles. The number of hydrogen-bond donors (Lipinski definition) is 0. The molecule has 1 aliphatic heterocycles. The molecule has 0 spiro atoms. The molecule has 0 aliphatic carbocycles. The molecule has 2 aromatic heterocycles. The lowest BCUT2D eigenvalue weighted by Gasteiger charge is -2.31. The Hall–Kier alpha value is -2.08. The van der Waals surface area contributed by atoms with Crippen LogP contribution in [-0.2, 0) is 6.42 Å². The molecule has 3 rings (SSSR count). The van der Waals surface area contributed by atoms with Crippen molar-refractivity contribution >= 4 is 23.0 Å². The number of Topliss-reactive ketones (excluding diaryl/α,β-unsaturated/α-hetero) is 1. The number of carbonyl (C=O) groups is 2. The van der Waals surface area contributed by atoms with Gasteiger partial charge >= 0.3 is 0 Å². The van der Waals surface area contributed by atoms with Gasteiger partial charge in [0.1, 0.15) is 11.4 Å². The zero-order chi connectivity index (χ0) is 16.9. The number of thiazole rings is 1. The number of nitrogens with zero attached hydrogens (tertiary/aromatic N) is 3. The maximum atomic E-state index is 12.7. The van der Waals surface area contributed by atoms with Crippen molar-refractivity contribution in [1.29, 1.82) is 0 Å². The fourth-order valence-electron chi connectivity index (χ4n) is 2.99. The van der Waals surface area contributed by atoms with Crippen molar-refractivity contribution in [1.82, 2.24) is 14.9 Å². The average Bonchev–Trinajstić information content (AvgIpc) is 3.10. The monoisotopic (exact) mass is 343 g/mol. The van der Waals surface area contributed by atoms with E-state index in [2.05, 4.69) is 16.9 Å². The van der Waals surface area contributed by atoms with E-state index in [9.17, 15) is 9.59 Å². The van der Waals surface area contributed by atoms with Gasteiger partial charge in [0, 0.05) is 30.6 Å². The summed E-state index contributed by atoms with van der Waals surface area (Å²) in [4.78, 5) is 35.6. The van der Waals surface area contributed by atoms with E-state index in [0.29, 0.717) is 24.5 Å². The van der Waals surface area contributed by atoms with Gasteiger partial charge in [-0.1, -0.05) is 13.0 Å². The summed E-state index contributed by atoms with van der Waals surface area (Å²) in [5.74, 6) is -0.212. The van der Waals surface area contributed by atoms with Gasteiger partial charge in [-0.15, -0.1) is 11.3 Å². The largest absolute Gasteiger partial charge is 0.337 e. The molecule has 3 heterocycles. The fraction of sp³-hybridized carbons (Fsp3) is 0.444. The smallest absolute Gasteiger partial charge is 0.273 e. The minimum Gasteiger partial charge on any atom is -0.337 e. The Kier molecular flexibility index (Phi) is 5.35. The summed E-state index contributed by atoms with van der Waals surface area (Å²) in [7, 11) is 0. The molecular weight excluding hydrogens is 322 g/mol. The highest BCUT2D eigenvalue weighted by molar-refractivity contribution is 7.09. The van der Waals surface area contributed by atoms with Crippen molar-refractivity contribution in [3.63, 3.8) is 0 Å². The zero-order valence-corrected chi connectivity index (χ0v) is 14.6. The third kappa shape index (κ3) is 3.70. The Morgan fingerprint density at radius 2 is 2.21 bits per heavy atom. The van der Waals surface area contributed by atoms with Gasteiger partial charge in [0.2, 0.25) is 0 Å². The van der Waals surface area contributed by atoms with Crippen molar-refractivity contribution in [3.05, 3.63) is 46.2 Å². The highest BCUT2D eigenvalue weighted by Gasteiger charge is 2.30. The molecule has 1 unspecified atom stereocenters. The second-order valence-electron chi connectivity index (χ2n) is 6.05. The second kappa shape index (κ2) is 7.66. The molecule has 5 nitrogen and oxygen atoms in total. The van der Waals surface area contributed by atoms with Gasteiger partial charge < -0.3 is 4.90 Å². The van der Waals surface area contributed by atoms with Crippen molar-refractivity contribution in [2.45, 2.75) is 32.6 Å². The van der Waals surface area contributed by atoms with Crippen molar-refractivity contribution < 1.29 is 9.59 Å². The number of aryl methyl sites for hydroxylation is 1. The highest BCUT2D eigenvalue weighted by atomic mass is 32.1. The first kappa shape index (κ1) is 16.8. The molecule has 0 N–H and O–H groups in total. The Bertz CT molecular complexity index is 714. The summed E-state index contributed by atoms with van der Waals surface area (Å²) in [6.07, 6.45) is 5.19. The first-order valence-electron chi connectivity index (χ1n) is 8.38. The third-order valence-electron chi connectivity index (χ3n) is 4.23. The summed E-state index contributed by atoms with van der Waals surface area (Å²) in [5, 5.41) is 2.83. The number of aromatic nitrogens is 2. The standard InChI is InChI=1S/C18H21N3O2S/c1-2-6-16-20-15(12-24-16)18(23)21-10-5-7-13(11-21)17(22)14-8-3-4-9-19-14/h3-4,8-9,12-13H,2,5-7,10-11H2,1H3. The predicted octanol–water partition coefficient (Wildman–Crippen LogP) is 3.23. The normalized spacial score (nSPS) is 17.7. The summed E-state index contributed by atoms with van der Waals surface area (Å²) in [5.41, 5.74) is 0.991. The Balaban J connectivity index is 1.68. The molecule has 24 heavy (non-hydrogen) atoms. The van der Waals surface area contributed by atoms with Crippen molar-refractivity contribution in [2.75, 3.05) is 13.1 Å². The molecule has 0 bridgehead atoms. The molecule has 2 aromatic rings. The lowest BCUT2D eigenvalue weighted by Crippen LogP contribution is -2.42. The number of likely N-dealkylation sites (tertiary alicyclic amines) is 1. The maximum absolute atomic E-state index is 12.7. The van der Waals surface area contributed by atoms with Gasteiger partial charge in [0.25, 0.3) is 5.91 Å². The van der Waals surface area contributed by atoms with Crippen molar-refractivity contribution in [3.8, 4) is 0 Å². The highest BCUT2D eigenvalue weighted by Crippen LogP contribution is 2.22. The van der Waals surface area contributed by atoms with E-state index in [0.717, 1.165) is 30.7 Å². The van der Waals surface area contributed by atoms with Crippen LogP contribution in [0.1, 0.15) is 52.2 Å². The molecule has 1 saturated heterocycles. The summed E-state index contributed by atoms with van der Waals surface area (Å²) < 4.78 is 0. The Morgan fingerprint density at radius 3 is 2.96 bits per heavy atom. The van der Waals surface area contributed by atoms with E-state index in [1.807, 2.05) is 11.4 Å². The zero-order valence-electron chi connectivity index (χ0n) is 13.8. The van der Waals surface area contributed by atoms with Crippen LogP contribution in [0.4, 0.5) is 0 Å². The number of hydrogen-bond acceptors (Lipinski definition) is 5. The van der Waals surface area contributed by atoms with Crippen LogP contribution in [0.3, 0.4) is 0 Å². The van der Waals surface area contributed by atoms with E-state index >= 15 is 0 Å². The lowest BCUT2D eigenvalue weighted by atomic mass is 9.92. The minimum atomic E-state index is -0.175. The van der Waals surface area contributed by atoms with Crippen LogP contribution < -0.4 is 0 Å². The van der Waals surface area contributed by atoms with Gasteiger partial charge in [-0.25, -0.2) is 4.98 Å². The van der Waals surface area contributed by atoms with Gasteiger partial charge in [-0.2, -0.15) is 0 Å². The number of piperidine rings is 1. The quantitative estimate of drug-likeness (QED) is 0.782. The average molecular weight is 343 g/mol. The molecular formula is C18H21N3O2S. The number of rotatable bonds is 5. The van der Waals surface area contributed by atoms with Gasteiger partial charge in [0.05, 0.1) is 5.01 Å². The van der Waals surface area contributed by atoms with Crippen LogP contribution >= 0.6 is 11.3 Å². The number of pyridine rings is 1. The minimum absolute atomic E-state index is 0.0260. The molecule has 0 aromatic carbocycles. The van der Waals surface area contributed by atoms with Crippen LogP contribution in [0.2, 0.25) is 0 Å². The summed E-state index contributed by atoms with van der Waals surface area (Å²) >= 11 is 1.53.